The first-order valence-electron chi connectivity index (χ1n) is 11.4. The van der Waals surface area contributed by atoms with Crippen LogP contribution in [-0.2, 0) is 0 Å². The summed E-state index contributed by atoms with van der Waals surface area (Å²) in [5.74, 6) is 0.196. The van der Waals surface area contributed by atoms with Gasteiger partial charge in [0.15, 0.2) is 0 Å². The second-order valence-electron chi connectivity index (χ2n) is 8.93. The van der Waals surface area contributed by atoms with Gasteiger partial charge in [0.05, 0.1) is 21.0 Å². The second kappa shape index (κ2) is 9.79. The van der Waals surface area contributed by atoms with Crippen LogP contribution < -0.4 is 0 Å². The molecule has 4 heterocycles. The highest BCUT2D eigenvalue weighted by Gasteiger charge is 2.44. The third kappa shape index (κ3) is 4.29. The molecule has 0 bridgehead atoms. The number of rotatable bonds is 5. The first-order chi connectivity index (χ1) is 16.5. The van der Waals surface area contributed by atoms with Gasteiger partial charge in [-0.2, -0.15) is 4.37 Å². The number of carbonyl (C=O) groups is 2. The summed E-state index contributed by atoms with van der Waals surface area (Å²) in [6.45, 7) is 3.01. The van der Waals surface area contributed by atoms with Crippen molar-refractivity contribution in [3.8, 4) is 5.69 Å². The van der Waals surface area contributed by atoms with E-state index in [2.05, 4.69) is 4.37 Å². The topological polar surface area (TPSA) is 58.4 Å². The second-order valence-corrected chi connectivity index (χ2v) is 11.6. The quantitative estimate of drug-likeness (QED) is 0.443. The molecule has 6 nitrogen and oxygen atoms in total. The highest BCUT2D eigenvalue weighted by atomic mass is 32.2. The summed E-state index contributed by atoms with van der Waals surface area (Å²) < 4.78 is 7.46. The van der Waals surface area contributed by atoms with Gasteiger partial charge in [-0.15, -0.1) is 23.5 Å². The standard InChI is InChI=1S/C25H28N4O2S3/c1-32-21-20(24(33-2)34-26-21)23(31)29-16-11-25(17-29)9-14-28(15-10-25)22(30)18-7-3-4-8-19(18)27-12-5-6-13-27/h3-8,12-13H,9-11,14-17H2,1-2H3. The van der Waals surface area contributed by atoms with Gasteiger partial charge in [-0.3, -0.25) is 9.59 Å². The zero-order valence-electron chi connectivity index (χ0n) is 19.4. The summed E-state index contributed by atoms with van der Waals surface area (Å²) in [4.78, 5) is 30.8. The highest BCUT2D eigenvalue weighted by Crippen LogP contribution is 2.42. The molecule has 2 aliphatic heterocycles. The molecule has 3 aromatic rings. The van der Waals surface area contributed by atoms with Crippen molar-refractivity contribution in [2.24, 2.45) is 5.41 Å². The van der Waals surface area contributed by atoms with Crippen LogP contribution in [0.25, 0.3) is 5.69 Å². The minimum absolute atomic E-state index is 0.0867. The molecule has 178 valence electrons. The maximum Gasteiger partial charge on any atom is 0.258 e. The molecule has 2 saturated heterocycles. The third-order valence-electron chi connectivity index (χ3n) is 7.08. The van der Waals surface area contributed by atoms with E-state index in [-0.39, 0.29) is 17.2 Å². The number of nitrogens with zero attached hydrogens (tertiary/aromatic N) is 4. The molecule has 2 aromatic heterocycles. The summed E-state index contributed by atoms with van der Waals surface area (Å²) >= 11 is 4.55. The van der Waals surface area contributed by atoms with E-state index in [0.29, 0.717) is 0 Å². The van der Waals surface area contributed by atoms with Crippen molar-refractivity contribution in [2.75, 3.05) is 38.7 Å². The number of hydrogen-bond acceptors (Lipinski definition) is 6. The Hall–Kier alpha value is -2.23. The zero-order valence-corrected chi connectivity index (χ0v) is 21.8. The summed E-state index contributed by atoms with van der Waals surface area (Å²) in [5, 5.41) is 0.835. The molecule has 0 N–H and O–H groups in total. The Morgan fingerprint density at radius 3 is 2.26 bits per heavy atom. The number of likely N-dealkylation sites (tertiary alicyclic amines) is 2. The fraction of sp³-hybridized carbons (Fsp3) is 0.400. The molecule has 2 amide bonds. The van der Waals surface area contributed by atoms with Crippen LogP contribution in [0.2, 0.25) is 0 Å². The number of amides is 2. The van der Waals surface area contributed by atoms with Crippen molar-refractivity contribution in [2.45, 2.75) is 28.5 Å². The van der Waals surface area contributed by atoms with E-state index in [1.165, 1.54) is 23.3 Å². The molecule has 1 aromatic carbocycles. The molecule has 1 spiro atoms. The minimum Gasteiger partial charge on any atom is -0.339 e. The van der Waals surface area contributed by atoms with Gasteiger partial charge < -0.3 is 14.4 Å². The molecule has 9 heteroatoms. The van der Waals surface area contributed by atoms with Crippen LogP contribution in [0.1, 0.15) is 40.0 Å². The van der Waals surface area contributed by atoms with Gasteiger partial charge in [0.2, 0.25) is 0 Å². The molecule has 0 aliphatic carbocycles. The smallest absolute Gasteiger partial charge is 0.258 e. The molecular formula is C25H28N4O2S3. The predicted octanol–water partition coefficient (Wildman–Crippen LogP) is 5.15. The SMILES string of the molecule is CSc1nsc(SC)c1C(=O)N1CCC2(CCN(C(=O)c3ccccc3-n3cccc3)CC2)C1. The lowest BCUT2D eigenvalue weighted by atomic mass is 9.77. The molecule has 0 saturated carbocycles. The maximum absolute atomic E-state index is 13.4. The molecular weight excluding hydrogens is 485 g/mol. The Balaban J connectivity index is 1.26. The van der Waals surface area contributed by atoms with Gasteiger partial charge >= 0.3 is 0 Å². The monoisotopic (exact) mass is 512 g/mol. The van der Waals surface area contributed by atoms with Crippen LogP contribution in [0, 0.1) is 5.41 Å². The van der Waals surface area contributed by atoms with Crippen LogP contribution in [0.4, 0.5) is 0 Å². The van der Waals surface area contributed by atoms with Crippen molar-refractivity contribution < 1.29 is 9.59 Å². The number of carbonyl (C=O) groups excluding carboxylic acids is 2. The van der Waals surface area contributed by atoms with Crippen molar-refractivity contribution >= 4 is 46.9 Å². The van der Waals surface area contributed by atoms with E-state index in [1.54, 1.807) is 11.8 Å². The van der Waals surface area contributed by atoms with Crippen molar-refractivity contribution in [3.63, 3.8) is 0 Å². The number of benzene rings is 1. The molecule has 0 radical (unpaired) electrons. The molecule has 0 atom stereocenters. The first-order valence-corrected chi connectivity index (χ1v) is 14.7. The van der Waals surface area contributed by atoms with Gasteiger partial charge in [-0.25, -0.2) is 0 Å². The predicted molar refractivity (Wildman–Crippen MR) is 140 cm³/mol. The fourth-order valence-electron chi connectivity index (χ4n) is 5.12. The number of aromatic nitrogens is 2. The highest BCUT2D eigenvalue weighted by molar-refractivity contribution is 8.01. The first kappa shape index (κ1) is 23.5. The average Bonchev–Trinajstić information content (AvgIpc) is 3.63. The Morgan fingerprint density at radius 1 is 0.912 bits per heavy atom. The Labute approximate surface area is 212 Å². The van der Waals surface area contributed by atoms with E-state index in [9.17, 15) is 9.59 Å². The third-order valence-corrected chi connectivity index (χ3v) is 9.82. The van der Waals surface area contributed by atoms with Crippen molar-refractivity contribution in [1.82, 2.24) is 18.7 Å². The number of thioether (sulfide) groups is 2. The van der Waals surface area contributed by atoms with Crippen LogP contribution >= 0.6 is 35.1 Å². The van der Waals surface area contributed by atoms with Gasteiger partial charge in [-0.1, -0.05) is 12.1 Å². The van der Waals surface area contributed by atoms with Gasteiger partial charge in [-0.05, 0) is 73.0 Å². The Morgan fingerprint density at radius 2 is 1.59 bits per heavy atom. The van der Waals surface area contributed by atoms with E-state index in [0.717, 1.165) is 71.5 Å². The number of para-hydroxylation sites is 1. The molecule has 34 heavy (non-hydrogen) atoms. The molecule has 5 rings (SSSR count). The zero-order chi connectivity index (χ0) is 23.7. The van der Waals surface area contributed by atoms with Crippen molar-refractivity contribution in [3.05, 3.63) is 59.9 Å². The largest absolute Gasteiger partial charge is 0.339 e. The van der Waals surface area contributed by atoms with Gasteiger partial charge in [0.1, 0.15) is 5.03 Å². The van der Waals surface area contributed by atoms with Crippen LogP contribution in [0.15, 0.2) is 58.0 Å². The molecule has 0 unspecified atom stereocenters. The maximum atomic E-state index is 13.4. The minimum atomic E-state index is 0.0867. The lowest BCUT2D eigenvalue weighted by Crippen LogP contribution is -2.45. The van der Waals surface area contributed by atoms with E-state index in [1.807, 2.05) is 75.7 Å². The summed E-state index contributed by atoms with van der Waals surface area (Å²) in [6.07, 6.45) is 10.8. The normalized spacial score (nSPS) is 17.5. The molecule has 2 aliphatic rings. The summed E-state index contributed by atoms with van der Waals surface area (Å²) in [7, 11) is 0. The number of hydrogen-bond donors (Lipinski definition) is 0. The molecule has 2 fully saturated rings. The van der Waals surface area contributed by atoms with Crippen molar-refractivity contribution in [1.29, 1.82) is 0 Å². The van der Waals surface area contributed by atoms with E-state index >= 15 is 0 Å². The van der Waals surface area contributed by atoms with Gasteiger partial charge in [0.25, 0.3) is 11.8 Å². The fourth-order valence-corrected chi connectivity index (χ4v) is 7.39. The summed E-state index contributed by atoms with van der Waals surface area (Å²) in [6, 6.07) is 11.7. The van der Waals surface area contributed by atoms with Crippen LogP contribution in [0.3, 0.4) is 0 Å². The number of piperidine rings is 1. The Kier molecular flexibility index (Phi) is 6.77. The Bertz CT molecular complexity index is 1160. The summed E-state index contributed by atoms with van der Waals surface area (Å²) in [5.41, 5.74) is 2.52. The van der Waals surface area contributed by atoms with E-state index < -0.39 is 0 Å². The van der Waals surface area contributed by atoms with Crippen LogP contribution in [-0.4, -0.2) is 69.2 Å². The average molecular weight is 513 g/mol. The van der Waals surface area contributed by atoms with E-state index in [4.69, 9.17) is 0 Å². The lowest BCUT2D eigenvalue weighted by molar-refractivity contribution is 0.0564. The van der Waals surface area contributed by atoms with Gasteiger partial charge in [0, 0.05) is 38.6 Å². The van der Waals surface area contributed by atoms with Crippen LogP contribution in [0.5, 0.6) is 0 Å². The lowest BCUT2D eigenvalue weighted by Gasteiger charge is -2.39.